The van der Waals surface area contributed by atoms with Gasteiger partial charge in [0.2, 0.25) is 0 Å². The summed E-state index contributed by atoms with van der Waals surface area (Å²) < 4.78 is 0. The number of carbonyl (C=O) groups excluding carboxylic acids is 1. The summed E-state index contributed by atoms with van der Waals surface area (Å²) in [4.78, 5) is 11.4. The average molecular weight is 194 g/mol. The van der Waals surface area contributed by atoms with Crippen molar-refractivity contribution in [3.8, 4) is 0 Å². The molecule has 1 fully saturated rings. The first-order chi connectivity index (χ1) is 6.46. The molecule has 0 aliphatic heterocycles. The van der Waals surface area contributed by atoms with Crippen molar-refractivity contribution in [1.82, 2.24) is 0 Å². The lowest BCUT2D eigenvalue weighted by Crippen LogP contribution is -2.28. The van der Waals surface area contributed by atoms with E-state index < -0.39 is 0 Å². The van der Waals surface area contributed by atoms with E-state index in [1.165, 1.54) is 25.7 Å². The lowest BCUT2D eigenvalue weighted by Gasteiger charge is -2.36. The van der Waals surface area contributed by atoms with Gasteiger partial charge < -0.3 is 0 Å². The summed E-state index contributed by atoms with van der Waals surface area (Å²) in [7, 11) is 0. The Bertz CT molecular complexity index is 217. The van der Waals surface area contributed by atoms with Crippen LogP contribution in [0.2, 0.25) is 0 Å². The third-order valence-corrected chi connectivity index (χ3v) is 3.62. The zero-order valence-electron chi connectivity index (χ0n) is 9.68. The van der Waals surface area contributed by atoms with Crippen LogP contribution in [0, 0.1) is 17.3 Å². The zero-order chi connectivity index (χ0) is 10.8. The predicted octanol–water partition coefficient (Wildman–Crippen LogP) is 3.59. The van der Waals surface area contributed by atoms with E-state index in [1.807, 2.05) is 6.08 Å². The minimum atomic E-state index is 0.103. The number of carbonyl (C=O) groups is 1. The lowest BCUT2D eigenvalue weighted by atomic mass is 9.69. The van der Waals surface area contributed by atoms with E-state index >= 15 is 0 Å². The molecule has 0 spiro atoms. The van der Waals surface area contributed by atoms with Gasteiger partial charge in [0.05, 0.1) is 0 Å². The van der Waals surface area contributed by atoms with Crippen LogP contribution in [0.1, 0.15) is 46.5 Å². The van der Waals surface area contributed by atoms with Crippen LogP contribution in [0.25, 0.3) is 0 Å². The molecule has 0 heterocycles. The van der Waals surface area contributed by atoms with Crippen LogP contribution in [-0.2, 0) is 4.79 Å². The van der Waals surface area contributed by atoms with Crippen LogP contribution in [0.3, 0.4) is 0 Å². The third kappa shape index (κ3) is 2.70. The quantitative estimate of drug-likeness (QED) is 0.627. The normalized spacial score (nSPS) is 24.2. The van der Waals surface area contributed by atoms with E-state index in [1.54, 1.807) is 6.92 Å². The minimum Gasteiger partial charge on any atom is -0.299 e. The summed E-state index contributed by atoms with van der Waals surface area (Å²) in [5.74, 6) is 0.939. The van der Waals surface area contributed by atoms with E-state index in [0.717, 1.165) is 0 Å². The van der Waals surface area contributed by atoms with Gasteiger partial charge in [-0.2, -0.15) is 0 Å². The van der Waals surface area contributed by atoms with Crippen molar-refractivity contribution in [3.05, 3.63) is 12.7 Å². The molecule has 0 N–H and O–H groups in total. The topological polar surface area (TPSA) is 17.1 Å². The van der Waals surface area contributed by atoms with Crippen LogP contribution in [0.4, 0.5) is 0 Å². The Kier molecular flexibility index (Phi) is 3.52. The van der Waals surface area contributed by atoms with E-state index in [2.05, 4.69) is 20.4 Å². The molecule has 0 saturated heterocycles. The Morgan fingerprint density at radius 3 is 2.29 bits per heavy atom. The average Bonchev–Trinajstić information content (AvgIpc) is 2.08. The Balaban J connectivity index is 2.56. The maximum Gasteiger partial charge on any atom is 0.136 e. The van der Waals surface area contributed by atoms with Crippen LogP contribution < -0.4 is 0 Å². The van der Waals surface area contributed by atoms with Crippen LogP contribution in [-0.4, -0.2) is 5.78 Å². The molecule has 1 aliphatic carbocycles. The van der Waals surface area contributed by atoms with E-state index in [0.29, 0.717) is 11.3 Å². The number of Topliss-reactive ketones (excluding diaryl/α,β-unsaturated/α-hetero) is 1. The van der Waals surface area contributed by atoms with Gasteiger partial charge in [0.15, 0.2) is 0 Å². The Morgan fingerprint density at radius 2 is 1.93 bits per heavy atom. The molecule has 0 aromatic rings. The molecule has 80 valence electrons. The Hall–Kier alpha value is -0.590. The maximum atomic E-state index is 11.4. The maximum absolute atomic E-state index is 11.4. The van der Waals surface area contributed by atoms with Crippen molar-refractivity contribution in [2.45, 2.75) is 46.5 Å². The van der Waals surface area contributed by atoms with Crippen LogP contribution in [0.5, 0.6) is 0 Å². The molecule has 0 unspecified atom stereocenters. The summed E-state index contributed by atoms with van der Waals surface area (Å²) in [5, 5.41) is 0. The molecule has 0 aromatic carbocycles. The summed E-state index contributed by atoms with van der Waals surface area (Å²) in [6.45, 7) is 10.1. The first-order valence-electron chi connectivity index (χ1n) is 5.59. The summed E-state index contributed by atoms with van der Waals surface area (Å²) in [6, 6.07) is 0. The second-order valence-electron chi connectivity index (χ2n) is 5.37. The van der Waals surface area contributed by atoms with Gasteiger partial charge in [-0.15, -0.1) is 6.58 Å². The number of ketones is 1. The fourth-order valence-electron chi connectivity index (χ4n) is 2.47. The van der Waals surface area contributed by atoms with Crippen molar-refractivity contribution in [3.63, 3.8) is 0 Å². The smallest absolute Gasteiger partial charge is 0.136 e. The fraction of sp³-hybridized carbons (Fsp3) is 0.769. The standard InChI is InChI=1S/C13H22O/c1-5-12(10(2)14)11-6-8-13(3,4)9-7-11/h5,11-12H,1,6-9H2,2-4H3/t12-/m1/s1. The van der Waals surface area contributed by atoms with Crippen molar-refractivity contribution < 1.29 is 4.79 Å². The van der Waals surface area contributed by atoms with Gasteiger partial charge in [-0.25, -0.2) is 0 Å². The second-order valence-corrected chi connectivity index (χ2v) is 5.37. The predicted molar refractivity (Wildman–Crippen MR) is 60.1 cm³/mol. The molecule has 1 rings (SSSR count). The van der Waals surface area contributed by atoms with Gasteiger partial charge >= 0.3 is 0 Å². The first-order valence-corrected chi connectivity index (χ1v) is 5.59. The Labute approximate surface area is 87.6 Å². The molecule has 1 heteroatoms. The molecule has 14 heavy (non-hydrogen) atoms. The number of rotatable bonds is 3. The molecule has 0 radical (unpaired) electrons. The lowest BCUT2D eigenvalue weighted by molar-refractivity contribution is -0.121. The molecule has 1 nitrogen and oxygen atoms in total. The summed E-state index contributed by atoms with van der Waals surface area (Å²) in [6.07, 6.45) is 6.70. The fourth-order valence-corrected chi connectivity index (χ4v) is 2.47. The number of allylic oxidation sites excluding steroid dienone is 1. The van der Waals surface area contributed by atoms with Crippen LogP contribution in [0.15, 0.2) is 12.7 Å². The molecular weight excluding hydrogens is 172 g/mol. The van der Waals surface area contributed by atoms with Gasteiger partial charge in [-0.1, -0.05) is 19.9 Å². The van der Waals surface area contributed by atoms with E-state index in [9.17, 15) is 4.79 Å². The van der Waals surface area contributed by atoms with Gasteiger partial charge in [-0.05, 0) is 43.9 Å². The highest BCUT2D eigenvalue weighted by atomic mass is 16.1. The zero-order valence-corrected chi connectivity index (χ0v) is 9.68. The van der Waals surface area contributed by atoms with Gasteiger partial charge in [0.25, 0.3) is 0 Å². The monoisotopic (exact) mass is 194 g/mol. The number of hydrogen-bond acceptors (Lipinski definition) is 1. The SMILES string of the molecule is C=C[C@H](C(C)=O)C1CCC(C)(C)CC1. The van der Waals surface area contributed by atoms with Gasteiger partial charge in [0, 0.05) is 5.92 Å². The largest absolute Gasteiger partial charge is 0.299 e. The third-order valence-electron chi connectivity index (χ3n) is 3.62. The molecular formula is C13H22O. The van der Waals surface area contributed by atoms with Gasteiger partial charge in [-0.3, -0.25) is 4.79 Å². The first kappa shape index (κ1) is 11.5. The molecule has 1 atom stereocenters. The molecule has 1 aliphatic rings. The second kappa shape index (κ2) is 4.29. The van der Waals surface area contributed by atoms with Gasteiger partial charge in [0.1, 0.15) is 5.78 Å². The minimum absolute atomic E-state index is 0.103. The van der Waals surface area contributed by atoms with Crippen molar-refractivity contribution in [1.29, 1.82) is 0 Å². The molecule has 0 aromatic heterocycles. The molecule has 0 amide bonds. The van der Waals surface area contributed by atoms with Crippen molar-refractivity contribution in [2.24, 2.45) is 17.3 Å². The van der Waals surface area contributed by atoms with Crippen molar-refractivity contribution in [2.75, 3.05) is 0 Å². The summed E-state index contributed by atoms with van der Waals surface area (Å²) in [5.41, 5.74) is 0.485. The number of hydrogen-bond donors (Lipinski definition) is 0. The Morgan fingerprint density at radius 1 is 1.43 bits per heavy atom. The van der Waals surface area contributed by atoms with Crippen LogP contribution >= 0.6 is 0 Å². The summed E-state index contributed by atoms with van der Waals surface area (Å²) >= 11 is 0. The van der Waals surface area contributed by atoms with E-state index in [4.69, 9.17) is 0 Å². The highest BCUT2D eigenvalue weighted by Crippen LogP contribution is 2.41. The van der Waals surface area contributed by atoms with Crippen molar-refractivity contribution >= 4 is 5.78 Å². The highest BCUT2D eigenvalue weighted by Gasteiger charge is 2.31. The molecule has 0 bridgehead atoms. The van der Waals surface area contributed by atoms with E-state index in [-0.39, 0.29) is 11.7 Å². The highest BCUT2D eigenvalue weighted by molar-refractivity contribution is 5.80. The molecule has 1 saturated carbocycles.